The number of esters is 1. The summed E-state index contributed by atoms with van der Waals surface area (Å²) in [4.78, 5) is 15.7. The minimum atomic E-state index is -0.458. The summed E-state index contributed by atoms with van der Waals surface area (Å²) in [5, 5.41) is 6.26. The molecule has 5 nitrogen and oxygen atoms in total. The van der Waals surface area contributed by atoms with Crippen LogP contribution in [0.5, 0.6) is 0 Å². The van der Waals surface area contributed by atoms with Crippen LogP contribution in [0.3, 0.4) is 0 Å². The standard InChI is InChI=1S/C13H27N3O2/c1-6-8-9-15-12(14-7-2)16-10-11(17)18-13(3,4)5/h6-10H2,1-5H3,(H2,14,15,16). The molecule has 18 heavy (non-hydrogen) atoms. The van der Waals surface area contributed by atoms with E-state index in [-0.39, 0.29) is 12.5 Å². The van der Waals surface area contributed by atoms with Gasteiger partial charge in [-0.05, 0) is 34.1 Å². The molecule has 0 aliphatic heterocycles. The van der Waals surface area contributed by atoms with E-state index in [0.29, 0.717) is 5.96 Å². The van der Waals surface area contributed by atoms with Gasteiger partial charge in [-0.3, -0.25) is 4.79 Å². The predicted octanol–water partition coefficient (Wildman–Crippen LogP) is 1.68. The van der Waals surface area contributed by atoms with Crippen LogP contribution in [0.15, 0.2) is 4.99 Å². The lowest BCUT2D eigenvalue weighted by atomic mass is 10.2. The molecule has 0 aliphatic carbocycles. The molecule has 0 bridgehead atoms. The van der Waals surface area contributed by atoms with E-state index in [1.54, 1.807) is 0 Å². The van der Waals surface area contributed by atoms with Crippen molar-refractivity contribution in [2.45, 2.75) is 53.1 Å². The van der Waals surface area contributed by atoms with Gasteiger partial charge in [0.1, 0.15) is 12.1 Å². The smallest absolute Gasteiger partial charge is 0.328 e. The summed E-state index contributed by atoms with van der Waals surface area (Å²) >= 11 is 0. The fourth-order valence-electron chi connectivity index (χ4n) is 1.24. The van der Waals surface area contributed by atoms with Crippen LogP contribution in [0.2, 0.25) is 0 Å². The van der Waals surface area contributed by atoms with E-state index in [0.717, 1.165) is 25.9 Å². The molecular formula is C13H27N3O2. The first-order valence-corrected chi connectivity index (χ1v) is 6.63. The topological polar surface area (TPSA) is 62.7 Å². The summed E-state index contributed by atoms with van der Waals surface area (Å²) in [5.74, 6) is 0.354. The normalized spacial score (nSPS) is 12.2. The molecule has 0 aliphatic rings. The number of carbonyl (C=O) groups is 1. The van der Waals surface area contributed by atoms with E-state index in [1.165, 1.54) is 0 Å². The highest BCUT2D eigenvalue weighted by Crippen LogP contribution is 2.06. The highest BCUT2D eigenvalue weighted by molar-refractivity contribution is 5.83. The third-order valence-electron chi connectivity index (χ3n) is 1.95. The number of carbonyl (C=O) groups excluding carboxylic acids is 1. The lowest BCUT2D eigenvalue weighted by Crippen LogP contribution is -2.38. The summed E-state index contributed by atoms with van der Waals surface area (Å²) in [6.45, 7) is 11.3. The van der Waals surface area contributed by atoms with Crippen molar-refractivity contribution in [2.24, 2.45) is 4.99 Å². The van der Waals surface area contributed by atoms with Crippen LogP contribution in [0.25, 0.3) is 0 Å². The van der Waals surface area contributed by atoms with Crippen molar-refractivity contribution < 1.29 is 9.53 Å². The number of guanidine groups is 1. The van der Waals surface area contributed by atoms with Crippen LogP contribution in [0.4, 0.5) is 0 Å². The molecule has 106 valence electrons. The fraction of sp³-hybridized carbons (Fsp3) is 0.846. The van der Waals surface area contributed by atoms with E-state index in [9.17, 15) is 4.79 Å². The number of nitrogens with zero attached hydrogens (tertiary/aromatic N) is 1. The molecule has 0 heterocycles. The van der Waals surface area contributed by atoms with Crippen LogP contribution in [-0.2, 0) is 9.53 Å². The van der Waals surface area contributed by atoms with E-state index in [1.807, 2.05) is 27.7 Å². The Kier molecular flexibility index (Phi) is 8.16. The molecule has 0 atom stereocenters. The zero-order valence-corrected chi connectivity index (χ0v) is 12.3. The SMILES string of the molecule is CCCCNC(=NCC(=O)OC(C)(C)C)NCC. The molecular weight excluding hydrogens is 230 g/mol. The van der Waals surface area contributed by atoms with Crippen molar-refractivity contribution in [2.75, 3.05) is 19.6 Å². The zero-order valence-electron chi connectivity index (χ0n) is 12.3. The largest absolute Gasteiger partial charge is 0.459 e. The van der Waals surface area contributed by atoms with Crippen LogP contribution >= 0.6 is 0 Å². The maximum absolute atomic E-state index is 11.5. The number of nitrogens with one attached hydrogen (secondary N) is 2. The maximum Gasteiger partial charge on any atom is 0.328 e. The molecule has 0 spiro atoms. The molecule has 5 heteroatoms. The Hall–Kier alpha value is -1.26. The Bertz CT molecular complexity index is 270. The second-order valence-corrected chi connectivity index (χ2v) is 5.06. The molecule has 0 unspecified atom stereocenters. The summed E-state index contributed by atoms with van der Waals surface area (Å²) in [5.41, 5.74) is -0.458. The predicted molar refractivity (Wildman–Crippen MR) is 74.7 cm³/mol. The van der Waals surface area contributed by atoms with Crippen LogP contribution in [0.1, 0.15) is 47.5 Å². The average molecular weight is 257 g/mol. The van der Waals surface area contributed by atoms with Gasteiger partial charge in [-0.2, -0.15) is 0 Å². The lowest BCUT2D eigenvalue weighted by molar-refractivity contribution is -0.152. The van der Waals surface area contributed by atoms with Crippen LogP contribution in [0, 0.1) is 0 Å². The Morgan fingerprint density at radius 1 is 1.22 bits per heavy atom. The van der Waals surface area contributed by atoms with Crippen LogP contribution in [-0.4, -0.2) is 37.2 Å². The lowest BCUT2D eigenvalue weighted by Gasteiger charge is -2.19. The van der Waals surface area contributed by atoms with Gasteiger partial charge in [0.15, 0.2) is 5.96 Å². The van der Waals surface area contributed by atoms with Gasteiger partial charge in [0, 0.05) is 13.1 Å². The molecule has 0 amide bonds. The van der Waals surface area contributed by atoms with Gasteiger partial charge >= 0.3 is 5.97 Å². The van der Waals surface area contributed by atoms with E-state index in [2.05, 4.69) is 22.5 Å². The maximum atomic E-state index is 11.5. The second-order valence-electron chi connectivity index (χ2n) is 5.06. The summed E-state index contributed by atoms with van der Waals surface area (Å²) < 4.78 is 5.19. The summed E-state index contributed by atoms with van der Waals surface area (Å²) in [6, 6.07) is 0. The first kappa shape index (κ1) is 16.7. The van der Waals surface area contributed by atoms with Gasteiger partial charge < -0.3 is 15.4 Å². The summed E-state index contributed by atoms with van der Waals surface area (Å²) in [6.07, 6.45) is 2.20. The molecule has 0 aromatic carbocycles. The second kappa shape index (κ2) is 8.78. The number of aliphatic imine (C=N–C) groups is 1. The first-order valence-electron chi connectivity index (χ1n) is 6.63. The number of hydrogen-bond acceptors (Lipinski definition) is 3. The van der Waals surface area contributed by atoms with Gasteiger partial charge in [-0.15, -0.1) is 0 Å². The summed E-state index contributed by atoms with van der Waals surface area (Å²) in [7, 11) is 0. The highest BCUT2D eigenvalue weighted by Gasteiger charge is 2.15. The molecule has 2 N–H and O–H groups in total. The zero-order chi connectivity index (χ0) is 14.0. The number of ether oxygens (including phenoxy) is 1. The Labute approximate surface area is 110 Å². The Morgan fingerprint density at radius 3 is 2.39 bits per heavy atom. The molecule has 0 fully saturated rings. The highest BCUT2D eigenvalue weighted by atomic mass is 16.6. The van der Waals surface area contributed by atoms with Gasteiger partial charge in [-0.25, -0.2) is 4.99 Å². The quantitative estimate of drug-likeness (QED) is 0.329. The third-order valence-corrected chi connectivity index (χ3v) is 1.95. The minimum absolute atomic E-state index is 0.0404. The van der Waals surface area contributed by atoms with Crippen molar-refractivity contribution in [3.05, 3.63) is 0 Å². The van der Waals surface area contributed by atoms with Gasteiger partial charge in [0.05, 0.1) is 0 Å². The van der Waals surface area contributed by atoms with E-state index < -0.39 is 5.60 Å². The number of rotatable bonds is 6. The Balaban J connectivity index is 4.17. The fourth-order valence-corrected chi connectivity index (χ4v) is 1.24. The molecule has 0 saturated carbocycles. The number of hydrogen-bond donors (Lipinski definition) is 2. The third kappa shape index (κ3) is 9.93. The molecule has 0 saturated heterocycles. The number of unbranched alkanes of at least 4 members (excludes halogenated alkanes) is 1. The monoisotopic (exact) mass is 257 g/mol. The van der Waals surface area contributed by atoms with Crippen molar-refractivity contribution in [3.8, 4) is 0 Å². The first-order chi connectivity index (χ1) is 8.39. The van der Waals surface area contributed by atoms with Crippen molar-refractivity contribution in [1.29, 1.82) is 0 Å². The van der Waals surface area contributed by atoms with E-state index in [4.69, 9.17) is 4.74 Å². The minimum Gasteiger partial charge on any atom is -0.459 e. The molecule has 0 rings (SSSR count). The Morgan fingerprint density at radius 2 is 1.89 bits per heavy atom. The molecule has 0 aromatic rings. The van der Waals surface area contributed by atoms with Gasteiger partial charge in [-0.1, -0.05) is 13.3 Å². The van der Waals surface area contributed by atoms with E-state index >= 15 is 0 Å². The molecule has 0 aromatic heterocycles. The van der Waals surface area contributed by atoms with Crippen molar-refractivity contribution >= 4 is 11.9 Å². The van der Waals surface area contributed by atoms with Gasteiger partial charge in [0.25, 0.3) is 0 Å². The van der Waals surface area contributed by atoms with Crippen molar-refractivity contribution in [3.63, 3.8) is 0 Å². The van der Waals surface area contributed by atoms with Gasteiger partial charge in [0.2, 0.25) is 0 Å². The molecule has 0 radical (unpaired) electrons. The van der Waals surface area contributed by atoms with Crippen LogP contribution < -0.4 is 10.6 Å². The average Bonchev–Trinajstić information content (AvgIpc) is 2.24. The van der Waals surface area contributed by atoms with Crippen molar-refractivity contribution in [1.82, 2.24) is 10.6 Å².